The fourth-order valence-electron chi connectivity index (χ4n) is 3.34. The molecule has 1 aromatic heterocycles. The molecule has 1 aliphatic rings. The van der Waals surface area contributed by atoms with Crippen molar-refractivity contribution in [3.05, 3.63) is 39.8 Å². The number of ether oxygens (including phenoxy) is 1. The Bertz CT molecular complexity index is 839. The zero-order valence-corrected chi connectivity index (χ0v) is 18.3. The Labute approximate surface area is 181 Å². The van der Waals surface area contributed by atoms with Gasteiger partial charge >= 0.3 is 0 Å². The molecular formula is C21H29N5O3S. The number of carbonyl (C=O) groups is 2. The van der Waals surface area contributed by atoms with Crippen molar-refractivity contribution in [2.75, 3.05) is 31.6 Å². The zero-order chi connectivity index (χ0) is 21.3. The molecule has 8 nitrogen and oxygen atoms in total. The van der Waals surface area contributed by atoms with Crippen LogP contribution < -0.4 is 10.6 Å². The number of amides is 2. The third-order valence-corrected chi connectivity index (χ3v) is 5.99. The van der Waals surface area contributed by atoms with Gasteiger partial charge in [-0.15, -0.1) is 10.2 Å². The summed E-state index contributed by atoms with van der Waals surface area (Å²) in [5.74, 6) is -0.464. The third kappa shape index (κ3) is 6.86. The summed E-state index contributed by atoms with van der Waals surface area (Å²) in [6, 6.07) is 8.10. The molecule has 1 aromatic carbocycles. The molecule has 2 heterocycles. The van der Waals surface area contributed by atoms with Crippen LogP contribution in [0.2, 0.25) is 0 Å². The number of aromatic nitrogens is 2. The zero-order valence-electron chi connectivity index (χ0n) is 17.5. The van der Waals surface area contributed by atoms with Crippen LogP contribution in [-0.2, 0) is 16.1 Å². The predicted octanol–water partition coefficient (Wildman–Crippen LogP) is 2.61. The first-order chi connectivity index (χ1) is 14.5. The van der Waals surface area contributed by atoms with E-state index in [1.807, 2.05) is 31.2 Å². The van der Waals surface area contributed by atoms with Crippen molar-refractivity contribution < 1.29 is 14.3 Å². The summed E-state index contributed by atoms with van der Waals surface area (Å²) in [7, 11) is 0. The van der Waals surface area contributed by atoms with Gasteiger partial charge in [-0.05, 0) is 45.4 Å². The van der Waals surface area contributed by atoms with Crippen LogP contribution in [0.15, 0.2) is 24.3 Å². The van der Waals surface area contributed by atoms with Crippen molar-refractivity contribution in [1.29, 1.82) is 0 Å². The summed E-state index contributed by atoms with van der Waals surface area (Å²) in [5, 5.41) is 14.4. The maximum absolute atomic E-state index is 12.3. The molecule has 9 heteroatoms. The number of benzene rings is 1. The maximum atomic E-state index is 12.3. The lowest BCUT2D eigenvalue weighted by Gasteiger charge is -2.33. The van der Waals surface area contributed by atoms with E-state index in [4.69, 9.17) is 4.74 Å². The van der Waals surface area contributed by atoms with Gasteiger partial charge in [0.25, 0.3) is 5.91 Å². The summed E-state index contributed by atoms with van der Waals surface area (Å²) < 4.78 is 5.42. The molecule has 0 radical (unpaired) electrons. The number of likely N-dealkylation sites (tertiary alicyclic amines) is 1. The average Bonchev–Trinajstić information content (AvgIpc) is 3.20. The van der Waals surface area contributed by atoms with Gasteiger partial charge in [0.1, 0.15) is 18.2 Å². The third-order valence-electron chi connectivity index (χ3n) is 5.09. The smallest absolute Gasteiger partial charge is 0.286 e. The molecule has 0 unspecified atom stereocenters. The Morgan fingerprint density at radius 3 is 2.80 bits per heavy atom. The highest BCUT2D eigenvalue weighted by molar-refractivity contribution is 7.13. The van der Waals surface area contributed by atoms with Gasteiger partial charge in [-0.25, -0.2) is 0 Å². The number of nitrogens with one attached hydrogen (secondary N) is 2. The number of nitrogens with zero attached hydrogens (tertiary/aromatic N) is 3. The molecule has 1 atom stereocenters. The van der Waals surface area contributed by atoms with Crippen LogP contribution >= 0.6 is 11.3 Å². The topological polar surface area (TPSA) is 96.5 Å². The van der Waals surface area contributed by atoms with E-state index in [-0.39, 0.29) is 30.0 Å². The summed E-state index contributed by atoms with van der Waals surface area (Å²) in [6.07, 6.45) is 3.75. The van der Waals surface area contributed by atoms with Gasteiger partial charge in [0, 0.05) is 24.8 Å². The van der Waals surface area contributed by atoms with Gasteiger partial charge in [-0.2, -0.15) is 0 Å². The van der Waals surface area contributed by atoms with Gasteiger partial charge in [-0.1, -0.05) is 35.5 Å². The Kier molecular flexibility index (Phi) is 8.30. The fourth-order valence-corrected chi connectivity index (χ4v) is 4.01. The first-order valence-corrected chi connectivity index (χ1v) is 11.1. The van der Waals surface area contributed by atoms with Gasteiger partial charge in [0.15, 0.2) is 0 Å². The highest BCUT2D eigenvalue weighted by Gasteiger charge is 2.18. The van der Waals surface area contributed by atoms with E-state index in [1.165, 1.54) is 19.3 Å². The average molecular weight is 432 g/mol. The first-order valence-electron chi connectivity index (χ1n) is 10.3. The summed E-state index contributed by atoms with van der Waals surface area (Å²) in [5.41, 5.74) is 1.82. The number of hydrogen-bond donors (Lipinski definition) is 2. The van der Waals surface area contributed by atoms with E-state index in [2.05, 4.69) is 32.7 Å². The molecule has 3 rings (SSSR count). The van der Waals surface area contributed by atoms with Crippen LogP contribution in [0.4, 0.5) is 5.69 Å². The molecule has 162 valence electrons. The molecule has 1 fully saturated rings. The van der Waals surface area contributed by atoms with Crippen molar-refractivity contribution in [1.82, 2.24) is 20.4 Å². The minimum absolute atomic E-state index is 0.0416. The lowest BCUT2D eigenvalue weighted by atomic mass is 10.0. The maximum Gasteiger partial charge on any atom is 0.286 e. The van der Waals surface area contributed by atoms with Gasteiger partial charge in [0.05, 0.1) is 0 Å². The van der Waals surface area contributed by atoms with Crippen molar-refractivity contribution in [3.8, 4) is 0 Å². The number of piperidine rings is 1. The van der Waals surface area contributed by atoms with Crippen LogP contribution in [0, 0.1) is 6.92 Å². The Morgan fingerprint density at radius 1 is 1.23 bits per heavy atom. The van der Waals surface area contributed by atoms with E-state index < -0.39 is 0 Å². The minimum atomic E-state index is -0.313. The molecule has 0 aliphatic carbocycles. The van der Waals surface area contributed by atoms with Gasteiger partial charge in [-0.3, -0.25) is 14.5 Å². The Morgan fingerprint density at radius 2 is 2.03 bits per heavy atom. The highest BCUT2D eigenvalue weighted by Crippen LogP contribution is 2.16. The SMILES string of the molecule is Cc1ccc(NC(=O)c2nnc(COCC(=O)NCCN3CCCC[C@@H]3C)s2)cc1. The molecule has 0 bridgehead atoms. The first kappa shape index (κ1) is 22.3. The standard InChI is InChI=1S/C21H29N5O3S/c1-15-6-8-17(9-7-15)23-20(28)21-25-24-19(30-21)14-29-13-18(27)22-10-12-26-11-4-3-5-16(26)2/h6-9,16H,3-5,10-14H2,1-2H3,(H,22,27)(H,23,28)/t16-/m0/s1. The van der Waals surface area contributed by atoms with Crippen molar-refractivity contribution in [2.45, 2.75) is 45.8 Å². The predicted molar refractivity (Wildman–Crippen MR) is 117 cm³/mol. The second-order valence-electron chi connectivity index (χ2n) is 7.54. The van der Waals surface area contributed by atoms with Crippen LogP contribution in [0.5, 0.6) is 0 Å². The lowest BCUT2D eigenvalue weighted by Crippen LogP contribution is -2.43. The van der Waals surface area contributed by atoms with E-state index in [0.29, 0.717) is 23.3 Å². The van der Waals surface area contributed by atoms with Crippen molar-refractivity contribution in [2.24, 2.45) is 0 Å². The molecule has 2 N–H and O–H groups in total. The van der Waals surface area contributed by atoms with Crippen LogP contribution in [0.3, 0.4) is 0 Å². The minimum Gasteiger partial charge on any atom is -0.364 e. The second-order valence-corrected chi connectivity index (χ2v) is 8.61. The summed E-state index contributed by atoms with van der Waals surface area (Å²) in [6.45, 7) is 6.91. The lowest BCUT2D eigenvalue weighted by molar-refractivity contribution is -0.126. The Balaban J connectivity index is 1.34. The van der Waals surface area contributed by atoms with Crippen LogP contribution in [0.1, 0.15) is 46.6 Å². The molecule has 1 saturated heterocycles. The largest absolute Gasteiger partial charge is 0.364 e. The van der Waals surface area contributed by atoms with Gasteiger partial charge < -0.3 is 15.4 Å². The molecule has 0 spiro atoms. The monoisotopic (exact) mass is 431 g/mol. The normalized spacial score (nSPS) is 16.9. The van der Waals surface area contributed by atoms with E-state index >= 15 is 0 Å². The number of anilines is 1. The number of aryl methyl sites for hydroxylation is 1. The number of rotatable bonds is 9. The molecule has 30 heavy (non-hydrogen) atoms. The molecule has 2 aromatic rings. The molecule has 2 amide bonds. The van der Waals surface area contributed by atoms with Crippen molar-refractivity contribution >= 4 is 28.8 Å². The molecule has 0 saturated carbocycles. The highest BCUT2D eigenvalue weighted by atomic mass is 32.1. The summed E-state index contributed by atoms with van der Waals surface area (Å²) in [4.78, 5) is 26.6. The van der Waals surface area contributed by atoms with E-state index in [0.717, 1.165) is 30.0 Å². The fraction of sp³-hybridized carbons (Fsp3) is 0.524. The van der Waals surface area contributed by atoms with E-state index in [1.54, 1.807) is 0 Å². The molecule has 1 aliphatic heterocycles. The second kappa shape index (κ2) is 11.1. The number of carbonyl (C=O) groups excluding carboxylic acids is 2. The van der Waals surface area contributed by atoms with Crippen LogP contribution in [0.25, 0.3) is 0 Å². The Hall–Kier alpha value is -2.36. The van der Waals surface area contributed by atoms with Crippen molar-refractivity contribution in [3.63, 3.8) is 0 Å². The number of hydrogen-bond acceptors (Lipinski definition) is 7. The van der Waals surface area contributed by atoms with E-state index in [9.17, 15) is 9.59 Å². The summed E-state index contributed by atoms with van der Waals surface area (Å²) >= 11 is 1.15. The molecular weight excluding hydrogens is 402 g/mol. The van der Waals surface area contributed by atoms with Crippen LogP contribution in [-0.4, -0.2) is 59.2 Å². The quantitative estimate of drug-likeness (QED) is 0.634. The van der Waals surface area contributed by atoms with Gasteiger partial charge in [0.2, 0.25) is 10.9 Å².